The number of benzene rings is 1. The minimum atomic E-state index is 0.871. The van der Waals surface area contributed by atoms with E-state index in [4.69, 9.17) is 0 Å². The van der Waals surface area contributed by atoms with Gasteiger partial charge in [-0.25, -0.2) is 4.98 Å². The topological polar surface area (TPSA) is 37.8 Å². The van der Waals surface area contributed by atoms with Gasteiger partial charge in [-0.2, -0.15) is 0 Å². The summed E-state index contributed by atoms with van der Waals surface area (Å²) in [5.41, 5.74) is 5.30. The lowest BCUT2D eigenvalue weighted by atomic mass is 10.0. The first kappa shape index (κ1) is 11.9. The predicted octanol–water partition coefficient (Wildman–Crippen LogP) is 4.37. The highest BCUT2D eigenvalue weighted by Gasteiger charge is 2.14. The van der Waals surface area contributed by atoms with Crippen molar-refractivity contribution in [2.75, 3.05) is 5.32 Å². The molecule has 1 N–H and O–H groups in total. The van der Waals surface area contributed by atoms with Crippen LogP contribution in [0.1, 0.15) is 11.1 Å². The molecular formula is C18H13N3. The Bertz CT molecular complexity index is 823. The van der Waals surface area contributed by atoms with E-state index in [0.717, 1.165) is 33.9 Å². The first-order chi connectivity index (χ1) is 10.4. The van der Waals surface area contributed by atoms with Crippen LogP contribution >= 0.6 is 0 Å². The molecule has 0 radical (unpaired) electrons. The van der Waals surface area contributed by atoms with Crippen molar-refractivity contribution >= 4 is 23.7 Å². The summed E-state index contributed by atoms with van der Waals surface area (Å²) >= 11 is 0. The number of anilines is 2. The maximum absolute atomic E-state index is 4.46. The van der Waals surface area contributed by atoms with Crippen molar-refractivity contribution in [2.24, 2.45) is 0 Å². The second-order valence-electron chi connectivity index (χ2n) is 4.88. The van der Waals surface area contributed by atoms with Gasteiger partial charge < -0.3 is 5.32 Å². The van der Waals surface area contributed by atoms with Gasteiger partial charge in [0, 0.05) is 23.5 Å². The van der Waals surface area contributed by atoms with Crippen molar-refractivity contribution < 1.29 is 0 Å². The molecule has 2 aromatic heterocycles. The number of nitrogens with zero attached hydrogens (tertiary/aromatic N) is 2. The summed E-state index contributed by atoms with van der Waals surface area (Å²) in [6.45, 7) is 0. The highest BCUT2D eigenvalue weighted by molar-refractivity contribution is 5.92. The molecule has 0 atom stereocenters. The standard InChI is InChI=1S/C18H13N3/c1-2-11-19-16(8-1)15-7-3-5-13-9-10-14-6-4-12-20-18(14)21-17(13)15/h1-12H,(H,20,21). The summed E-state index contributed by atoms with van der Waals surface area (Å²) in [5.74, 6) is 0.871. The fourth-order valence-corrected chi connectivity index (χ4v) is 2.54. The SMILES string of the molecule is C1=Cc2cccc(-c3ccccn3)c2Nc2ncccc21. The Labute approximate surface area is 123 Å². The molecule has 0 fully saturated rings. The van der Waals surface area contributed by atoms with Crippen LogP contribution in [0.3, 0.4) is 0 Å². The maximum atomic E-state index is 4.46. The van der Waals surface area contributed by atoms with Gasteiger partial charge in [0.15, 0.2) is 0 Å². The molecule has 21 heavy (non-hydrogen) atoms. The summed E-state index contributed by atoms with van der Waals surface area (Å²) in [7, 11) is 0. The largest absolute Gasteiger partial charge is 0.339 e. The number of aromatic nitrogens is 2. The lowest BCUT2D eigenvalue weighted by molar-refractivity contribution is 1.29. The van der Waals surface area contributed by atoms with Crippen LogP contribution in [-0.4, -0.2) is 9.97 Å². The van der Waals surface area contributed by atoms with Crippen molar-refractivity contribution in [1.82, 2.24) is 9.97 Å². The number of para-hydroxylation sites is 1. The predicted molar refractivity (Wildman–Crippen MR) is 86.1 cm³/mol. The zero-order valence-corrected chi connectivity index (χ0v) is 11.3. The Hall–Kier alpha value is -2.94. The molecule has 3 nitrogen and oxygen atoms in total. The lowest BCUT2D eigenvalue weighted by Crippen LogP contribution is -1.98. The quantitative estimate of drug-likeness (QED) is 0.558. The zero-order valence-electron chi connectivity index (χ0n) is 11.3. The zero-order chi connectivity index (χ0) is 14.1. The van der Waals surface area contributed by atoms with Gasteiger partial charge >= 0.3 is 0 Å². The van der Waals surface area contributed by atoms with Gasteiger partial charge in [0.1, 0.15) is 5.82 Å². The lowest BCUT2D eigenvalue weighted by Gasteiger charge is -2.13. The Morgan fingerprint density at radius 1 is 0.714 bits per heavy atom. The van der Waals surface area contributed by atoms with E-state index in [2.05, 4.69) is 51.7 Å². The van der Waals surface area contributed by atoms with Gasteiger partial charge in [0.05, 0.1) is 11.4 Å². The van der Waals surface area contributed by atoms with E-state index in [1.165, 1.54) is 0 Å². The minimum Gasteiger partial charge on any atom is -0.339 e. The second-order valence-corrected chi connectivity index (χ2v) is 4.88. The number of hydrogen-bond donors (Lipinski definition) is 1. The summed E-state index contributed by atoms with van der Waals surface area (Å²) in [6.07, 6.45) is 7.81. The van der Waals surface area contributed by atoms with Gasteiger partial charge in [-0.15, -0.1) is 0 Å². The number of hydrogen-bond acceptors (Lipinski definition) is 3. The van der Waals surface area contributed by atoms with Crippen molar-refractivity contribution in [2.45, 2.75) is 0 Å². The molecule has 0 spiro atoms. The molecule has 100 valence electrons. The van der Waals surface area contributed by atoms with Crippen LogP contribution < -0.4 is 5.32 Å². The van der Waals surface area contributed by atoms with Gasteiger partial charge in [-0.3, -0.25) is 4.98 Å². The average molecular weight is 271 g/mol. The fraction of sp³-hybridized carbons (Fsp3) is 0. The number of rotatable bonds is 1. The Morgan fingerprint density at radius 3 is 2.48 bits per heavy atom. The Balaban J connectivity index is 1.92. The van der Waals surface area contributed by atoms with Crippen LogP contribution in [0, 0.1) is 0 Å². The van der Waals surface area contributed by atoms with Gasteiger partial charge in [0.2, 0.25) is 0 Å². The number of fused-ring (bicyclic) bond motifs is 2. The monoisotopic (exact) mass is 271 g/mol. The third-order valence-corrected chi connectivity index (χ3v) is 3.56. The molecule has 3 aromatic rings. The first-order valence-corrected chi connectivity index (χ1v) is 6.86. The molecular weight excluding hydrogens is 258 g/mol. The molecule has 0 aliphatic carbocycles. The van der Waals surface area contributed by atoms with E-state index < -0.39 is 0 Å². The van der Waals surface area contributed by atoms with E-state index >= 15 is 0 Å². The average Bonchev–Trinajstić information content (AvgIpc) is 2.74. The molecule has 3 heteroatoms. The summed E-state index contributed by atoms with van der Waals surface area (Å²) in [6, 6.07) is 16.2. The van der Waals surface area contributed by atoms with Gasteiger partial charge in [0.25, 0.3) is 0 Å². The van der Waals surface area contributed by atoms with Gasteiger partial charge in [-0.05, 0) is 29.8 Å². The third-order valence-electron chi connectivity index (χ3n) is 3.56. The molecule has 0 amide bonds. The maximum Gasteiger partial charge on any atom is 0.137 e. The molecule has 3 heterocycles. The normalized spacial score (nSPS) is 12.0. The van der Waals surface area contributed by atoms with Crippen LogP contribution in [0.15, 0.2) is 60.9 Å². The second kappa shape index (κ2) is 4.87. The molecule has 1 aliphatic heterocycles. The highest BCUT2D eigenvalue weighted by Crippen LogP contribution is 2.35. The van der Waals surface area contributed by atoms with Crippen molar-refractivity contribution in [3.8, 4) is 11.3 Å². The molecule has 0 saturated carbocycles. The first-order valence-electron chi connectivity index (χ1n) is 6.86. The van der Waals surface area contributed by atoms with Crippen molar-refractivity contribution in [1.29, 1.82) is 0 Å². The summed E-state index contributed by atoms with van der Waals surface area (Å²) in [4.78, 5) is 8.89. The summed E-state index contributed by atoms with van der Waals surface area (Å²) < 4.78 is 0. The van der Waals surface area contributed by atoms with Crippen molar-refractivity contribution in [3.63, 3.8) is 0 Å². The van der Waals surface area contributed by atoms with Crippen LogP contribution in [0.5, 0.6) is 0 Å². The molecule has 1 aromatic carbocycles. The summed E-state index contributed by atoms with van der Waals surface area (Å²) in [5, 5.41) is 3.46. The van der Waals surface area contributed by atoms with E-state index in [9.17, 15) is 0 Å². The van der Waals surface area contributed by atoms with E-state index in [0.29, 0.717) is 0 Å². The minimum absolute atomic E-state index is 0.871. The molecule has 0 bridgehead atoms. The Kier molecular flexibility index (Phi) is 2.75. The highest BCUT2D eigenvalue weighted by atomic mass is 15.0. The fourth-order valence-electron chi connectivity index (χ4n) is 2.54. The molecule has 0 unspecified atom stereocenters. The molecule has 4 rings (SSSR count). The van der Waals surface area contributed by atoms with Gasteiger partial charge in [-0.1, -0.05) is 36.4 Å². The van der Waals surface area contributed by atoms with Crippen LogP contribution in [-0.2, 0) is 0 Å². The van der Waals surface area contributed by atoms with Crippen LogP contribution in [0.4, 0.5) is 11.5 Å². The van der Waals surface area contributed by atoms with Crippen LogP contribution in [0.2, 0.25) is 0 Å². The molecule has 0 saturated heterocycles. The molecule has 1 aliphatic rings. The van der Waals surface area contributed by atoms with E-state index in [-0.39, 0.29) is 0 Å². The van der Waals surface area contributed by atoms with E-state index in [1.54, 1.807) is 6.20 Å². The smallest absolute Gasteiger partial charge is 0.137 e. The number of nitrogens with one attached hydrogen (secondary N) is 1. The number of pyridine rings is 2. The van der Waals surface area contributed by atoms with E-state index in [1.807, 2.05) is 30.5 Å². The van der Waals surface area contributed by atoms with Crippen molar-refractivity contribution in [3.05, 3.63) is 72.1 Å². The third kappa shape index (κ3) is 2.09. The van der Waals surface area contributed by atoms with Crippen LogP contribution in [0.25, 0.3) is 23.4 Å². The Morgan fingerprint density at radius 2 is 1.57 bits per heavy atom.